The number of anilines is 1. The first kappa shape index (κ1) is 37.0. The third-order valence-electron chi connectivity index (χ3n) is 8.23. The second-order valence-corrected chi connectivity index (χ2v) is 13.1. The maximum atomic E-state index is 14.0. The summed E-state index contributed by atoms with van der Waals surface area (Å²) < 4.78 is 15.6. The monoisotopic (exact) mass is 702 g/mol. The fourth-order valence-electron chi connectivity index (χ4n) is 5.86. The average Bonchev–Trinajstić information content (AvgIpc) is 3.36. The standard InChI is InChI=1S/C31H39N6O11P/c1-16(38)26(28(33)41)36-29(42)21(12-13-24(32)39)35-30(43)23-15-19-4-2-3-18-8-11-22(31(44)37(23)27(18)19)34-25(40)14-7-17-5-9-20(10-6-17)48-49(45,46)47/h2-6,9-10,16,21-23,26,38H,7-8,11-15H2,1H3,(H2,32,39)(H2,33,41)(H,34,40)(H,35,43)(H,36,42)(H2,45,46,47)/t16-,21+,22+,23+,26+/m1/s1. The summed E-state index contributed by atoms with van der Waals surface area (Å²) in [5, 5.41) is 17.5. The number of hydrogen-bond donors (Lipinski definition) is 8. The van der Waals surface area contributed by atoms with Crippen molar-refractivity contribution in [3.8, 4) is 5.75 Å². The minimum atomic E-state index is -4.71. The second-order valence-electron chi connectivity index (χ2n) is 11.9. The number of amides is 6. The summed E-state index contributed by atoms with van der Waals surface area (Å²) >= 11 is 0. The van der Waals surface area contributed by atoms with Crippen LogP contribution in [0.3, 0.4) is 0 Å². The minimum absolute atomic E-state index is 0.0139. The van der Waals surface area contributed by atoms with E-state index in [1.54, 1.807) is 24.3 Å². The van der Waals surface area contributed by atoms with Crippen molar-refractivity contribution in [3.63, 3.8) is 0 Å². The number of aliphatic hydroxyl groups excluding tert-OH is 1. The molecule has 0 spiro atoms. The van der Waals surface area contributed by atoms with Gasteiger partial charge < -0.3 is 37.0 Å². The van der Waals surface area contributed by atoms with Crippen molar-refractivity contribution >= 4 is 49.0 Å². The highest BCUT2D eigenvalue weighted by molar-refractivity contribution is 7.46. The van der Waals surface area contributed by atoms with E-state index in [1.165, 1.54) is 24.0 Å². The summed E-state index contributed by atoms with van der Waals surface area (Å²) in [5.41, 5.74) is 13.3. The molecule has 0 fully saturated rings. The predicted molar refractivity (Wildman–Crippen MR) is 172 cm³/mol. The zero-order valence-electron chi connectivity index (χ0n) is 26.5. The molecule has 5 atom stereocenters. The molecule has 17 nitrogen and oxygen atoms in total. The molecule has 0 aromatic heterocycles. The summed E-state index contributed by atoms with van der Waals surface area (Å²) in [5.74, 6) is -4.40. The van der Waals surface area contributed by atoms with Crippen molar-refractivity contribution in [1.29, 1.82) is 0 Å². The number of primary amides is 2. The van der Waals surface area contributed by atoms with Gasteiger partial charge >= 0.3 is 7.82 Å². The van der Waals surface area contributed by atoms with Gasteiger partial charge in [0.05, 0.1) is 11.8 Å². The molecule has 0 unspecified atom stereocenters. The zero-order chi connectivity index (χ0) is 36.0. The smallest absolute Gasteiger partial charge is 0.404 e. The predicted octanol–water partition coefficient (Wildman–Crippen LogP) is -1.42. The van der Waals surface area contributed by atoms with Gasteiger partial charge in [-0.1, -0.05) is 30.3 Å². The van der Waals surface area contributed by atoms with Gasteiger partial charge in [-0.2, -0.15) is 0 Å². The van der Waals surface area contributed by atoms with Crippen LogP contribution in [0.5, 0.6) is 5.75 Å². The van der Waals surface area contributed by atoms with Crippen LogP contribution < -0.4 is 36.8 Å². The summed E-state index contributed by atoms with van der Waals surface area (Å²) in [6.07, 6.45) is -0.885. The van der Waals surface area contributed by atoms with Crippen LogP contribution in [0.15, 0.2) is 42.5 Å². The van der Waals surface area contributed by atoms with Crippen LogP contribution in [-0.4, -0.2) is 80.6 Å². The molecule has 2 aliphatic rings. The first-order valence-electron chi connectivity index (χ1n) is 15.5. The Morgan fingerprint density at radius 2 is 1.69 bits per heavy atom. The highest BCUT2D eigenvalue weighted by Crippen LogP contribution is 2.39. The van der Waals surface area contributed by atoms with E-state index in [0.717, 1.165) is 5.56 Å². The molecule has 10 N–H and O–H groups in total. The number of para-hydroxylation sites is 1. The molecule has 2 aromatic rings. The molecule has 2 aliphatic heterocycles. The number of aryl methyl sites for hydroxylation is 2. The summed E-state index contributed by atoms with van der Waals surface area (Å²) in [6.45, 7) is 1.24. The number of nitrogens with zero attached hydrogens (tertiary/aromatic N) is 1. The van der Waals surface area contributed by atoms with Crippen LogP contribution in [0.25, 0.3) is 0 Å². The number of phosphoric acid groups is 1. The molecule has 6 amide bonds. The van der Waals surface area contributed by atoms with Gasteiger partial charge in [0, 0.05) is 19.3 Å². The van der Waals surface area contributed by atoms with Crippen molar-refractivity contribution in [3.05, 3.63) is 59.2 Å². The SMILES string of the molecule is C[C@@H](O)[C@H](NC(=O)[C@H](CCC(N)=O)NC(=O)[C@@H]1Cc2cccc3c2N1C(=O)[C@@H](NC(=O)CCc1ccc(OP(=O)(O)O)cc1)CC3)C(N)=O. The van der Waals surface area contributed by atoms with Gasteiger partial charge in [0.1, 0.15) is 29.9 Å². The first-order chi connectivity index (χ1) is 23.0. The fraction of sp³-hybridized carbons (Fsp3) is 0.419. The largest absolute Gasteiger partial charge is 0.524 e. The Morgan fingerprint density at radius 3 is 2.31 bits per heavy atom. The molecule has 2 heterocycles. The summed E-state index contributed by atoms with van der Waals surface area (Å²) in [4.78, 5) is 96.5. The van der Waals surface area contributed by atoms with Gasteiger partial charge in [-0.05, 0) is 61.4 Å². The van der Waals surface area contributed by atoms with E-state index in [4.69, 9.17) is 21.3 Å². The van der Waals surface area contributed by atoms with E-state index in [9.17, 15) is 38.4 Å². The van der Waals surface area contributed by atoms with E-state index in [2.05, 4.69) is 20.5 Å². The maximum Gasteiger partial charge on any atom is 0.524 e. The van der Waals surface area contributed by atoms with Crippen LogP contribution in [0.1, 0.15) is 49.3 Å². The number of nitrogens with two attached hydrogens (primary N) is 2. The highest BCUT2D eigenvalue weighted by atomic mass is 31.2. The van der Waals surface area contributed by atoms with E-state index in [-0.39, 0.29) is 44.3 Å². The number of nitrogens with one attached hydrogen (secondary N) is 3. The summed E-state index contributed by atoms with van der Waals surface area (Å²) in [7, 11) is -4.71. The van der Waals surface area contributed by atoms with E-state index in [0.29, 0.717) is 23.2 Å². The molecular weight excluding hydrogens is 663 g/mol. The van der Waals surface area contributed by atoms with Crippen LogP contribution in [-0.2, 0) is 52.6 Å². The van der Waals surface area contributed by atoms with E-state index in [1.807, 2.05) is 6.07 Å². The number of benzene rings is 2. The van der Waals surface area contributed by atoms with Crippen LogP contribution in [0.4, 0.5) is 5.69 Å². The Bertz CT molecular complexity index is 1660. The number of aliphatic hydroxyl groups is 1. The van der Waals surface area contributed by atoms with E-state index < -0.39 is 73.5 Å². The molecule has 0 radical (unpaired) electrons. The van der Waals surface area contributed by atoms with Crippen LogP contribution in [0.2, 0.25) is 0 Å². The highest BCUT2D eigenvalue weighted by Gasteiger charge is 2.44. The van der Waals surface area contributed by atoms with Crippen molar-refractivity contribution < 1.29 is 52.7 Å². The fourth-order valence-corrected chi connectivity index (χ4v) is 6.26. The normalized spacial score (nSPS) is 18.7. The van der Waals surface area contributed by atoms with Gasteiger partial charge in [-0.3, -0.25) is 43.5 Å². The van der Waals surface area contributed by atoms with Crippen molar-refractivity contribution in [2.24, 2.45) is 11.5 Å². The lowest BCUT2D eigenvalue weighted by molar-refractivity contribution is -0.134. The number of hydrogen-bond acceptors (Lipinski definition) is 9. The molecule has 4 rings (SSSR count). The second kappa shape index (κ2) is 15.6. The lowest BCUT2D eigenvalue weighted by Gasteiger charge is -2.29. The van der Waals surface area contributed by atoms with Gasteiger partial charge in [-0.25, -0.2) is 4.57 Å². The molecule has 0 aliphatic carbocycles. The maximum absolute atomic E-state index is 14.0. The molecule has 2 aromatic carbocycles. The van der Waals surface area contributed by atoms with Crippen molar-refractivity contribution in [1.82, 2.24) is 16.0 Å². The van der Waals surface area contributed by atoms with Gasteiger partial charge in [0.15, 0.2) is 0 Å². The topological polar surface area (TPSA) is 281 Å². The minimum Gasteiger partial charge on any atom is -0.404 e. The van der Waals surface area contributed by atoms with Gasteiger partial charge in [0.2, 0.25) is 35.4 Å². The van der Waals surface area contributed by atoms with Crippen molar-refractivity contribution in [2.75, 3.05) is 4.90 Å². The molecule has 49 heavy (non-hydrogen) atoms. The van der Waals surface area contributed by atoms with Gasteiger partial charge in [-0.15, -0.1) is 0 Å². The molecule has 0 saturated carbocycles. The number of rotatable bonds is 15. The average molecular weight is 703 g/mol. The molecule has 18 heteroatoms. The lowest BCUT2D eigenvalue weighted by atomic mass is 10.0. The Balaban J connectivity index is 1.48. The number of phosphoric ester groups is 1. The first-order valence-corrected chi connectivity index (χ1v) is 17.0. The molecular formula is C31H39N6O11P. The van der Waals surface area contributed by atoms with Crippen LogP contribution in [0, 0.1) is 0 Å². The third kappa shape index (κ3) is 9.63. The quantitative estimate of drug-likeness (QED) is 0.0997. The summed E-state index contributed by atoms with van der Waals surface area (Å²) in [6, 6.07) is 6.27. The number of carbonyl (C=O) groups is 6. The van der Waals surface area contributed by atoms with Crippen molar-refractivity contribution in [2.45, 2.75) is 82.1 Å². The Labute approximate surface area is 281 Å². The Morgan fingerprint density at radius 1 is 1.02 bits per heavy atom. The lowest BCUT2D eigenvalue weighted by Crippen LogP contribution is -2.59. The van der Waals surface area contributed by atoms with Crippen LogP contribution >= 0.6 is 7.82 Å². The van der Waals surface area contributed by atoms with Gasteiger partial charge in [0.25, 0.3) is 0 Å². The Kier molecular flexibility index (Phi) is 11.8. The third-order valence-corrected chi connectivity index (χ3v) is 8.68. The Hall–Kier alpha value is -4.83. The molecule has 0 bridgehead atoms. The number of carbonyl (C=O) groups excluding carboxylic acids is 6. The molecule has 264 valence electrons. The zero-order valence-corrected chi connectivity index (χ0v) is 27.4. The van der Waals surface area contributed by atoms with E-state index >= 15 is 0 Å². The molecule has 0 saturated heterocycles.